The van der Waals surface area contributed by atoms with Gasteiger partial charge in [-0.05, 0) is 30.7 Å². The van der Waals surface area contributed by atoms with Crippen LogP contribution < -0.4 is 5.32 Å². The monoisotopic (exact) mass is 263 g/mol. The van der Waals surface area contributed by atoms with Gasteiger partial charge in [-0.1, -0.05) is 26.2 Å². The summed E-state index contributed by atoms with van der Waals surface area (Å²) in [5.74, 6) is 0.391. The summed E-state index contributed by atoms with van der Waals surface area (Å²) in [4.78, 5) is 14.8. The largest absolute Gasteiger partial charge is 0.364 e. The van der Waals surface area contributed by atoms with Crippen LogP contribution in [0.5, 0.6) is 0 Å². The second-order valence-corrected chi connectivity index (χ2v) is 5.86. The normalized spacial score (nSPS) is 18.0. The molecule has 1 aromatic rings. The van der Waals surface area contributed by atoms with Gasteiger partial charge in [-0.2, -0.15) is 0 Å². The van der Waals surface area contributed by atoms with Crippen LogP contribution in [0.25, 0.3) is 0 Å². The molecule has 0 bridgehead atoms. The van der Waals surface area contributed by atoms with Crippen molar-refractivity contribution in [2.45, 2.75) is 46.0 Å². The second kappa shape index (κ2) is 5.55. The van der Waals surface area contributed by atoms with Crippen LogP contribution >= 0.6 is 0 Å². The Morgan fingerprint density at radius 2 is 2.11 bits per heavy atom. The van der Waals surface area contributed by atoms with Crippen molar-refractivity contribution in [3.8, 4) is 0 Å². The lowest BCUT2D eigenvalue weighted by atomic mass is 9.76. The Morgan fingerprint density at radius 3 is 2.74 bits per heavy atom. The first-order valence-corrected chi connectivity index (χ1v) is 6.85. The molecule has 5 heteroatoms. The van der Waals surface area contributed by atoms with Gasteiger partial charge in [0.25, 0.3) is 0 Å². The van der Waals surface area contributed by atoms with Crippen LogP contribution in [0, 0.1) is 22.5 Å². The number of anilines is 1. The van der Waals surface area contributed by atoms with E-state index in [9.17, 15) is 10.1 Å². The van der Waals surface area contributed by atoms with Crippen LogP contribution in [0.2, 0.25) is 0 Å². The van der Waals surface area contributed by atoms with Crippen molar-refractivity contribution in [1.29, 1.82) is 0 Å². The van der Waals surface area contributed by atoms with E-state index in [2.05, 4.69) is 17.2 Å². The standard InChI is InChI=1S/C14H21N3O2/c1-11-8-12(17(18)19)13(15-9-11)16-10-14(2)6-4-3-5-7-14/h8-9H,3-7,10H2,1-2H3,(H,15,16). The summed E-state index contributed by atoms with van der Waals surface area (Å²) in [5.41, 5.74) is 1.11. The number of aromatic nitrogens is 1. The van der Waals surface area contributed by atoms with E-state index in [0.717, 1.165) is 12.1 Å². The van der Waals surface area contributed by atoms with Gasteiger partial charge in [0.05, 0.1) is 4.92 Å². The molecule has 1 saturated carbocycles. The minimum Gasteiger partial charge on any atom is -0.364 e. The summed E-state index contributed by atoms with van der Waals surface area (Å²) < 4.78 is 0. The molecule has 0 aliphatic heterocycles. The number of nitrogens with zero attached hydrogens (tertiary/aromatic N) is 2. The van der Waals surface area contributed by atoms with E-state index in [-0.39, 0.29) is 16.0 Å². The summed E-state index contributed by atoms with van der Waals surface area (Å²) in [6.07, 6.45) is 7.83. The van der Waals surface area contributed by atoms with Crippen LogP contribution in [0.4, 0.5) is 11.5 Å². The molecule has 0 aromatic carbocycles. The molecule has 1 aromatic heterocycles. The summed E-state index contributed by atoms with van der Waals surface area (Å²) in [6.45, 7) is 4.81. The summed E-state index contributed by atoms with van der Waals surface area (Å²) in [6, 6.07) is 1.57. The second-order valence-electron chi connectivity index (χ2n) is 5.86. The van der Waals surface area contributed by atoms with Gasteiger partial charge >= 0.3 is 5.69 Å². The summed E-state index contributed by atoms with van der Waals surface area (Å²) in [5, 5.41) is 14.2. The molecule has 1 aliphatic rings. The molecule has 0 amide bonds. The number of nitrogens with one attached hydrogen (secondary N) is 1. The van der Waals surface area contributed by atoms with Crippen LogP contribution in [-0.4, -0.2) is 16.5 Å². The van der Waals surface area contributed by atoms with E-state index in [0.29, 0.717) is 5.82 Å². The molecule has 1 N–H and O–H groups in total. The topological polar surface area (TPSA) is 68.1 Å². The number of aryl methyl sites for hydroxylation is 1. The van der Waals surface area contributed by atoms with E-state index >= 15 is 0 Å². The third-order valence-electron chi connectivity index (χ3n) is 3.94. The van der Waals surface area contributed by atoms with Gasteiger partial charge in [0.1, 0.15) is 0 Å². The Kier molecular flexibility index (Phi) is 4.02. The Balaban J connectivity index is 2.08. The quantitative estimate of drug-likeness (QED) is 0.664. The van der Waals surface area contributed by atoms with Gasteiger partial charge in [-0.3, -0.25) is 10.1 Å². The van der Waals surface area contributed by atoms with Crippen molar-refractivity contribution in [2.24, 2.45) is 5.41 Å². The number of hydrogen-bond acceptors (Lipinski definition) is 4. The first-order valence-electron chi connectivity index (χ1n) is 6.85. The fourth-order valence-corrected chi connectivity index (χ4v) is 2.71. The highest BCUT2D eigenvalue weighted by atomic mass is 16.6. The Morgan fingerprint density at radius 1 is 1.42 bits per heavy atom. The highest BCUT2D eigenvalue weighted by molar-refractivity contribution is 5.56. The van der Waals surface area contributed by atoms with Crippen molar-refractivity contribution < 1.29 is 4.92 Å². The first kappa shape index (κ1) is 13.8. The van der Waals surface area contributed by atoms with Crippen molar-refractivity contribution in [1.82, 2.24) is 4.98 Å². The Hall–Kier alpha value is -1.65. The number of hydrogen-bond donors (Lipinski definition) is 1. The maximum absolute atomic E-state index is 11.0. The summed E-state index contributed by atoms with van der Waals surface area (Å²) in [7, 11) is 0. The molecule has 0 atom stereocenters. The molecule has 1 aliphatic carbocycles. The molecular formula is C14H21N3O2. The third kappa shape index (κ3) is 3.43. The molecule has 0 radical (unpaired) electrons. The number of nitro groups is 1. The third-order valence-corrected chi connectivity index (χ3v) is 3.94. The average Bonchev–Trinajstić information content (AvgIpc) is 2.38. The zero-order valence-electron chi connectivity index (χ0n) is 11.6. The predicted molar refractivity (Wildman–Crippen MR) is 75.3 cm³/mol. The highest BCUT2D eigenvalue weighted by Crippen LogP contribution is 2.36. The van der Waals surface area contributed by atoms with E-state index in [1.807, 2.05) is 6.92 Å². The van der Waals surface area contributed by atoms with Gasteiger partial charge in [0, 0.05) is 18.8 Å². The van der Waals surface area contributed by atoms with Crippen LogP contribution in [-0.2, 0) is 0 Å². The van der Waals surface area contributed by atoms with Gasteiger partial charge in [0.2, 0.25) is 5.82 Å². The molecule has 19 heavy (non-hydrogen) atoms. The minimum atomic E-state index is -0.370. The lowest BCUT2D eigenvalue weighted by Crippen LogP contribution is -2.29. The highest BCUT2D eigenvalue weighted by Gasteiger charge is 2.27. The van der Waals surface area contributed by atoms with Gasteiger partial charge < -0.3 is 5.32 Å². The molecule has 104 valence electrons. The average molecular weight is 263 g/mol. The van der Waals surface area contributed by atoms with Crippen LogP contribution in [0.3, 0.4) is 0 Å². The smallest absolute Gasteiger partial charge is 0.311 e. The van der Waals surface area contributed by atoms with Gasteiger partial charge in [0.15, 0.2) is 0 Å². The molecule has 0 spiro atoms. The number of rotatable bonds is 4. The predicted octanol–water partition coefficient (Wildman–Crippen LogP) is 3.68. The summed E-state index contributed by atoms with van der Waals surface area (Å²) >= 11 is 0. The Labute approximate surface area is 113 Å². The molecular weight excluding hydrogens is 242 g/mol. The van der Waals surface area contributed by atoms with Crippen LogP contribution in [0.15, 0.2) is 12.3 Å². The van der Waals surface area contributed by atoms with Gasteiger partial charge in [-0.15, -0.1) is 0 Å². The SMILES string of the molecule is Cc1cnc(NCC2(C)CCCCC2)c([N+](=O)[O-])c1. The van der Waals surface area contributed by atoms with E-state index in [1.165, 1.54) is 32.1 Å². The maximum atomic E-state index is 11.0. The van der Waals surface area contributed by atoms with Crippen molar-refractivity contribution in [3.63, 3.8) is 0 Å². The molecule has 0 unspecified atom stereocenters. The molecule has 5 nitrogen and oxygen atoms in total. The van der Waals surface area contributed by atoms with Crippen LogP contribution in [0.1, 0.15) is 44.6 Å². The molecule has 1 heterocycles. The minimum absolute atomic E-state index is 0.0689. The van der Waals surface area contributed by atoms with E-state index in [1.54, 1.807) is 12.3 Å². The molecule has 2 rings (SSSR count). The number of pyridine rings is 1. The van der Waals surface area contributed by atoms with Crippen molar-refractivity contribution in [3.05, 3.63) is 27.9 Å². The zero-order valence-corrected chi connectivity index (χ0v) is 11.6. The van der Waals surface area contributed by atoms with E-state index < -0.39 is 0 Å². The van der Waals surface area contributed by atoms with E-state index in [4.69, 9.17) is 0 Å². The fraction of sp³-hybridized carbons (Fsp3) is 0.643. The van der Waals surface area contributed by atoms with Crippen molar-refractivity contribution >= 4 is 11.5 Å². The van der Waals surface area contributed by atoms with Crippen molar-refractivity contribution in [2.75, 3.05) is 11.9 Å². The maximum Gasteiger partial charge on any atom is 0.311 e. The Bertz CT molecular complexity index is 468. The lowest BCUT2D eigenvalue weighted by molar-refractivity contribution is -0.384. The lowest BCUT2D eigenvalue weighted by Gasteiger charge is -2.33. The van der Waals surface area contributed by atoms with Gasteiger partial charge in [-0.25, -0.2) is 4.98 Å². The molecule has 0 saturated heterocycles. The molecule has 1 fully saturated rings. The fourth-order valence-electron chi connectivity index (χ4n) is 2.71. The first-order chi connectivity index (χ1) is 9.00. The zero-order chi connectivity index (χ0) is 13.9.